The molecule has 6 nitrogen and oxygen atoms in total. The van der Waals surface area contributed by atoms with Crippen molar-refractivity contribution < 1.29 is 23.1 Å². The molecule has 0 radical (unpaired) electrons. The van der Waals surface area contributed by atoms with Gasteiger partial charge in [-0.25, -0.2) is 4.98 Å². The highest BCUT2D eigenvalue weighted by Crippen LogP contribution is 2.37. The topological polar surface area (TPSA) is 74.1 Å². The van der Waals surface area contributed by atoms with Crippen LogP contribution in [0.15, 0.2) is 12.3 Å². The first-order valence-electron chi connectivity index (χ1n) is 6.17. The molecule has 23 heavy (non-hydrogen) atoms. The zero-order valence-corrected chi connectivity index (χ0v) is 13.5. The van der Waals surface area contributed by atoms with Gasteiger partial charge < -0.3 is 4.74 Å². The highest BCUT2D eigenvalue weighted by molar-refractivity contribution is 6.34. The molecule has 2 aromatic rings. The molecule has 0 saturated heterocycles. The second-order valence-electron chi connectivity index (χ2n) is 4.05. The van der Waals surface area contributed by atoms with E-state index in [2.05, 4.69) is 14.8 Å². The average molecular weight is 366 g/mol. The van der Waals surface area contributed by atoms with Crippen molar-refractivity contribution in [3.8, 4) is 17.0 Å². The Bertz CT molecular complexity index is 717. The van der Waals surface area contributed by atoms with E-state index < -0.39 is 6.61 Å². The first-order valence-corrected chi connectivity index (χ1v) is 6.92. The number of aromatic nitrogens is 3. The largest absolute Gasteiger partial charge is 0.434 e. The van der Waals surface area contributed by atoms with E-state index in [9.17, 15) is 8.78 Å². The van der Waals surface area contributed by atoms with Crippen LogP contribution in [-0.4, -0.2) is 27.5 Å². The normalized spacial score (nSPS) is 10.0. The third-order valence-electron chi connectivity index (χ3n) is 2.69. The highest BCUT2D eigenvalue weighted by Gasteiger charge is 2.20. The fourth-order valence-corrected chi connectivity index (χ4v) is 2.40. The average Bonchev–Trinajstić information content (AvgIpc) is 2.74. The number of alkyl halides is 2. The van der Waals surface area contributed by atoms with Crippen molar-refractivity contribution in [1.82, 2.24) is 14.8 Å². The minimum atomic E-state index is -2.97. The maximum absolute atomic E-state index is 12.5. The quantitative estimate of drug-likeness (QED) is 0.776. The van der Waals surface area contributed by atoms with Crippen LogP contribution in [0.25, 0.3) is 11.3 Å². The molecule has 0 aliphatic rings. The molecule has 10 heteroatoms. The van der Waals surface area contributed by atoms with Crippen molar-refractivity contribution in [3.05, 3.63) is 28.1 Å². The predicted molar refractivity (Wildman–Crippen MR) is 77.5 cm³/mol. The molecule has 0 spiro atoms. The Morgan fingerprint density at radius 2 is 2.00 bits per heavy atom. The monoisotopic (exact) mass is 365 g/mol. The zero-order chi connectivity index (χ0) is 17.6. The molecule has 124 valence electrons. The van der Waals surface area contributed by atoms with Gasteiger partial charge in [-0.2, -0.15) is 23.5 Å². The predicted octanol–water partition coefficient (Wildman–Crippen LogP) is 3.37. The van der Waals surface area contributed by atoms with Gasteiger partial charge >= 0.3 is 12.8 Å². The molecular weight excluding hydrogens is 355 g/mol. The molecule has 2 heterocycles. The van der Waals surface area contributed by atoms with Gasteiger partial charge in [0.15, 0.2) is 0 Å². The van der Waals surface area contributed by atoms with Gasteiger partial charge in [0.05, 0.1) is 22.0 Å². The van der Waals surface area contributed by atoms with Crippen molar-refractivity contribution in [2.45, 2.75) is 20.0 Å². The second kappa shape index (κ2) is 8.57. The van der Waals surface area contributed by atoms with Gasteiger partial charge in [0.1, 0.15) is 10.9 Å². The van der Waals surface area contributed by atoms with Gasteiger partial charge in [-0.05, 0) is 6.42 Å². The summed E-state index contributed by atoms with van der Waals surface area (Å²) in [7, 11) is 1.67. The van der Waals surface area contributed by atoms with Gasteiger partial charge in [0, 0.05) is 19.3 Å². The van der Waals surface area contributed by atoms with E-state index in [-0.39, 0.29) is 17.1 Å². The Morgan fingerprint density at radius 1 is 1.39 bits per heavy atom. The maximum atomic E-state index is 12.5. The second-order valence-corrected chi connectivity index (χ2v) is 4.82. The van der Waals surface area contributed by atoms with Crippen LogP contribution in [0, 0.1) is 0 Å². The van der Waals surface area contributed by atoms with Crippen LogP contribution >= 0.6 is 23.2 Å². The summed E-state index contributed by atoms with van der Waals surface area (Å²) in [6, 6.07) is 1.22. The number of aryl methyl sites for hydroxylation is 2. The molecule has 0 unspecified atom stereocenters. The van der Waals surface area contributed by atoms with Crippen molar-refractivity contribution in [3.63, 3.8) is 0 Å². The van der Waals surface area contributed by atoms with E-state index in [1.54, 1.807) is 7.05 Å². The van der Waals surface area contributed by atoms with Gasteiger partial charge in [0.25, 0.3) is 0 Å². The van der Waals surface area contributed by atoms with E-state index in [4.69, 9.17) is 32.8 Å². The summed E-state index contributed by atoms with van der Waals surface area (Å²) >= 11 is 11.9. The molecule has 2 aromatic heterocycles. The van der Waals surface area contributed by atoms with Crippen molar-refractivity contribution >= 4 is 29.4 Å². The first-order chi connectivity index (χ1) is 10.8. The lowest BCUT2D eigenvalue weighted by Gasteiger charge is -2.11. The summed E-state index contributed by atoms with van der Waals surface area (Å²) in [5.74, 6) is -0.0902. The molecule has 0 atom stereocenters. The van der Waals surface area contributed by atoms with Gasteiger partial charge in [-0.3, -0.25) is 4.68 Å². The number of rotatable bonds is 4. The Hall–Kier alpha value is -2.02. The van der Waals surface area contributed by atoms with Crippen LogP contribution < -0.4 is 4.74 Å². The van der Waals surface area contributed by atoms with Crippen molar-refractivity contribution in [2.24, 2.45) is 7.05 Å². The minimum Gasteiger partial charge on any atom is -0.434 e. The summed E-state index contributed by atoms with van der Waals surface area (Å²) < 4.78 is 30.9. The van der Waals surface area contributed by atoms with E-state index in [0.717, 1.165) is 0 Å². The summed E-state index contributed by atoms with van der Waals surface area (Å²) in [6.07, 6.45) is 2.21. The number of hydrogen-bond acceptors (Lipinski definition) is 5. The summed E-state index contributed by atoms with van der Waals surface area (Å²) in [5, 5.41) is 4.67. The number of hydrogen-bond donors (Lipinski definition) is 0. The number of pyridine rings is 1. The highest BCUT2D eigenvalue weighted by atomic mass is 35.5. The van der Waals surface area contributed by atoms with Crippen LogP contribution in [0.3, 0.4) is 0 Å². The van der Waals surface area contributed by atoms with Crippen LogP contribution in [0.4, 0.5) is 8.78 Å². The standard InChI is InChI=1S/C12H11Cl2F2N3O.CO2/c1-3-7-10(14)11(19(2)18-7)6-5-17-9(13)4-8(6)20-12(15)16;2-1-3/h4-5,12H,3H2,1-2H3;. The Balaban J connectivity index is 0.000000816. The molecule has 0 saturated carbocycles. The Labute approximate surface area is 140 Å². The van der Waals surface area contributed by atoms with E-state index in [0.29, 0.717) is 28.4 Å². The zero-order valence-electron chi connectivity index (χ0n) is 12.0. The lowest BCUT2D eigenvalue weighted by atomic mass is 10.1. The van der Waals surface area contributed by atoms with Gasteiger partial charge in [0.2, 0.25) is 0 Å². The third kappa shape index (κ3) is 4.72. The number of ether oxygens (including phenoxy) is 1. The van der Waals surface area contributed by atoms with Gasteiger partial charge in [-0.1, -0.05) is 30.1 Å². The van der Waals surface area contributed by atoms with E-state index >= 15 is 0 Å². The molecule has 0 bridgehead atoms. The molecule has 0 aliphatic carbocycles. The fourth-order valence-electron chi connectivity index (χ4n) is 1.86. The van der Waals surface area contributed by atoms with E-state index in [1.807, 2.05) is 6.92 Å². The number of carbonyl (C=O) groups excluding carboxylic acids is 2. The molecule has 0 amide bonds. The molecular formula is C13H11Cl2F2N3O3. The smallest absolute Gasteiger partial charge is 0.387 e. The van der Waals surface area contributed by atoms with Crippen LogP contribution in [0.5, 0.6) is 5.75 Å². The molecule has 0 aromatic carbocycles. The molecule has 0 fully saturated rings. The van der Waals surface area contributed by atoms with Gasteiger partial charge in [-0.15, -0.1) is 0 Å². The van der Waals surface area contributed by atoms with Crippen LogP contribution in [-0.2, 0) is 23.1 Å². The lowest BCUT2D eigenvalue weighted by Crippen LogP contribution is -2.05. The molecule has 0 N–H and O–H groups in total. The molecule has 2 rings (SSSR count). The Kier molecular flexibility index (Phi) is 7.09. The van der Waals surface area contributed by atoms with E-state index in [1.165, 1.54) is 16.9 Å². The fraction of sp³-hybridized carbons (Fsp3) is 0.308. The summed E-state index contributed by atoms with van der Waals surface area (Å²) in [6.45, 7) is -1.07. The van der Waals surface area contributed by atoms with Crippen molar-refractivity contribution in [2.75, 3.05) is 0 Å². The Morgan fingerprint density at radius 3 is 2.48 bits per heavy atom. The SMILES string of the molecule is CCc1nn(C)c(-c2cnc(Cl)cc2OC(F)F)c1Cl.O=C=O. The van der Waals surface area contributed by atoms with Crippen molar-refractivity contribution in [1.29, 1.82) is 0 Å². The summed E-state index contributed by atoms with van der Waals surface area (Å²) in [4.78, 5) is 20.1. The first kappa shape index (κ1) is 19.0. The number of halogens is 4. The third-order valence-corrected chi connectivity index (χ3v) is 3.30. The number of nitrogens with zero attached hydrogens (tertiary/aromatic N) is 3. The van der Waals surface area contributed by atoms with Crippen LogP contribution in [0.2, 0.25) is 10.2 Å². The van der Waals surface area contributed by atoms with Crippen LogP contribution in [0.1, 0.15) is 12.6 Å². The lowest BCUT2D eigenvalue weighted by molar-refractivity contribution is -0.191. The maximum Gasteiger partial charge on any atom is 0.387 e. The minimum absolute atomic E-state index is 0.0541. The molecule has 0 aliphatic heterocycles. The summed E-state index contributed by atoms with van der Waals surface area (Å²) in [5.41, 5.74) is 1.44.